The van der Waals surface area contributed by atoms with E-state index in [1.165, 1.54) is 12.8 Å². The summed E-state index contributed by atoms with van der Waals surface area (Å²) >= 11 is 6.47. The second-order valence-electron chi connectivity index (χ2n) is 8.31. The summed E-state index contributed by atoms with van der Waals surface area (Å²) in [6.07, 6.45) is 4.53. The van der Waals surface area contributed by atoms with Crippen molar-refractivity contribution in [3.8, 4) is 11.1 Å². The van der Waals surface area contributed by atoms with E-state index in [1.54, 1.807) is 30.5 Å². The SMILES string of the molecule is O=S1(=O)CCC(NS(=O)(=O)c2ccc(-c3c(Cl)cnc4[nH]c(C5CC5)cc34)cc2)CC1. The van der Waals surface area contributed by atoms with Crippen molar-refractivity contribution < 1.29 is 16.8 Å². The van der Waals surface area contributed by atoms with E-state index in [-0.39, 0.29) is 22.4 Å². The molecule has 3 heterocycles. The lowest BCUT2D eigenvalue weighted by atomic mass is 10.0. The highest BCUT2D eigenvalue weighted by Gasteiger charge is 2.28. The number of fused-ring (bicyclic) bond motifs is 1. The van der Waals surface area contributed by atoms with Crippen LogP contribution < -0.4 is 4.72 Å². The molecule has 3 aromatic rings. The zero-order chi connectivity index (χ0) is 21.8. The van der Waals surface area contributed by atoms with Crippen LogP contribution in [0, 0.1) is 0 Å². The minimum atomic E-state index is -3.74. The average molecular weight is 480 g/mol. The van der Waals surface area contributed by atoms with Gasteiger partial charge in [-0.2, -0.15) is 0 Å². The molecule has 0 bridgehead atoms. The second-order valence-corrected chi connectivity index (χ2v) is 12.7. The number of H-pyrrole nitrogens is 1. The van der Waals surface area contributed by atoms with E-state index in [1.807, 2.05) is 0 Å². The smallest absolute Gasteiger partial charge is 0.240 e. The number of nitrogens with one attached hydrogen (secondary N) is 2. The van der Waals surface area contributed by atoms with Gasteiger partial charge in [0.05, 0.1) is 21.4 Å². The van der Waals surface area contributed by atoms with Crippen LogP contribution in [-0.4, -0.2) is 44.4 Å². The van der Waals surface area contributed by atoms with Crippen LogP contribution in [0.25, 0.3) is 22.2 Å². The van der Waals surface area contributed by atoms with Crippen molar-refractivity contribution in [2.45, 2.75) is 42.5 Å². The zero-order valence-corrected chi connectivity index (χ0v) is 19.0. The summed E-state index contributed by atoms with van der Waals surface area (Å²) in [5.41, 5.74) is 3.56. The van der Waals surface area contributed by atoms with Crippen LogP contribution in [-0.2, 0) is 19.9 Å². The number of hydrogen-bond donors (Lipinski definition) is 2. The molecule has 0 spiro atoms. The van der Waals surface area contributed by atoms with E-state index >= 15 is 0 Å². The molecular weight excluding hydrogens is 458 g/mol. The molecule has 0 atom stereocenters. The molecule has 5 rings (SSSR count). The molecule has 2 N–H and O–H groups in total. The molecule has 2 aliphatic rings. The number of rotatable bonds is 5. The monoisotopic (exact) mass is 479 g/mol. The molecule has 10 heteroatoms. The molecule has 1 saturated carbocycles. The largest absolute Gasteiger partial charge is 0.343 e. The fourth-order valence-electron chi connectivity index (χ4n) is 4.07. The molecule has 2 fully saturated rings. The minimum Gasteiger partial charge on any atom is -0.343 e. The van der Waals surface area contributed by atoms with Gasteiger partial charge in [-0.1, -0.05) is 23.7 Å². The van der Waals surface area contributed by atoms with Crippen molar-refractivity contribution in [1.82, 2.24) is 14.7 Å². The fourth-order valence-corrected chi connectivity index (χ4v) is 7.13. The summed E-state index contributed by atoms with van der Waals surface area (Å²) in [5.74, 6) is 0.568. The number of hydrogen-bond acceptors (Lipinski definition) is 5. The number of benzene rings is 1. The zero-order valence-electron chi connectivity index (χ0n) is 16.6. The summed E-state index contributed by atoms with van der Waals surface area (Å²) in [6.45, 7) is 0. The van der Waals surface area contributed by atoms with Gasteiger partial charge in [0, 0.05) is 28.9 Å². The quantitative estimate of drug-likeness (QED) is 0.581. The van der Waals surface area contributed by atoms with E-state index in [0.29, 0.717) is 23.8 Å². The Morgan fingerprint density at radius 1 is 1.06 bits per heavy atom. The lowest BCUT2D eigenvalue weighted by Gasteiger charge is -2.22. The van der Waals surface area contributed by atoms with Crippen molar-refractivity contribution in [3.63, 3.8) is 0 Å². The van der Waals surface area contributed by atoms with Crippen molar-refractivity contribution >= 4 is 42.5 Å². The Hall–Kier alpha value is -1.94. The first kappa shape index (κ1) is 20.9. The van der Waals surface area contributed by atoms with Crippen LogP contribution in [0.4, 0.5) is 0 Å². The maximum Gasteiger partial charge on any atom is 0.240 e. The minimum absolute atomic E-state index is 0.00910. The highest BCUT2D eigenvalue weighted by Crippen LogP contribution is 2.42. The van der Waals surface area contributed by atoms with E-state index in [4.69, 9.17) is 11.6 Å². The lowest BCUT2D eigenvalue weighted by Crippen LogP contribution is -2.40. The van der Waals surface area contributed by atoms with Crippen molar-refractivity contribution in [1.29, 1.82) is 0 Å². The van der Waals surface area contributed by atoms with Gasteiger partial charge in [-0.15, -0.1) is 0 Å². The second kappa shape index (κ2) is 7.58. The molecule has 31 heavy (non-hydrogen) atoms. The topological polar surface area (TPSA) is 109 Å². The maximum atomic E-state index is 12.8. The van der Waals surface area contributed by atoms with Crippen LogP contribution in [0.2, 0.25) is 5.02 Å². The Morgan fingerprint density at radius 2 is 1.74 bits per heavy atom. The Bertz CT molecular complexity index is 1350. The molecule has 1 aliphatic heterocycles. The third-order valence-corrected chi connectivity index (χ3v) is 9.52. The van der Waals surface area contributed by atoms with Crippen molar-refractivity contribution in [2.24, 2.45) is 0 Å². The van der Waals surface area contributed by atoms with Gasteiger partial charge >= 0.3 is 0 Å². The lowest BCUT2D eigenvalue weighted by molar-refractivity contribution is 0.505. The van der Waals surface area contributed by atoms with E-state index < -0.39 is 19.9 Å². The Balaban J connectivity index is 1.42. The van der Waals surface area contributed by atoms with Crippen LogP contribution in [0.1, 0.15) is 37.3 Å². The van der Waals surface area contributed by atoms with E-state index in [0.717, 1.165) is 27.9 Å². The fraction of sp³-hybridized carbons (Fsp3) is 0.381. The predicted molar refractivity (Wildman–Crippen MR) is 121 cm³/mol. The van der Waals surface area contributed by atoms with Gasteiger partial charge in [0.25, 0.3) is 0 Å². The summed E-state index contributed by atoms with van der Waals surface area (Å²) in [7, 11) is -6.79. The standard InChI is InChI=1S/C21H22ClN3O4S2/c22-18-12-23-21-17(11-19(24-21)13-1-2-13)20(18)14-3-5-16(6-4-14)31(28,29)25-15-7-9-30(26,27)10-8-15/h3-6,11-13,15,25H,1-2,7-10H2,(H,23,24). The molecule has 0 unspecified atom stereocenters. The van der Waals surface area contributed by atoms with Crippen molar-refractivity contribution in [3.05, 3.63) is 47.2 Å². The summed E-state index contributed by atoms with van der Waals surface area (Å²) in [5, 5.41) is 1.43. The molecule has 0 radical (unpaired) electrons. The molecule has 1 aromatic carbocycles. The number of aromatic nitrogens is 2. The van der Waals surface area contributed by atoms with Gasteiger partial charge < -0.3 is 4.98 Å². The molecule has 0 amide bonds. The first-order valence-corrected chi connectivity index (χ1v) is 13.9. The molecule has 164 valence electrons. The molecule has 7 nitrogen and oxygen atoms in total. The van der Waals surface area contributed by atoms with Gasteiger partial charge in [-0.05, 0) is 55.4 Å². The third-order valence-electron chi connectivity index (χ3n) is 5.98. The van der Waals surface area contributed by atoms with Gasteiger partial charge in [0.1, 0.15) is 15.5 Å². The summed E-state index contributed by atoms with van der Waals surface area (Å²) in [6, 6.07) is 8.30. The number of sulfonamides is 1. The van der Waals surface area contributed by atoms with Gasteiger partial charge in [-0.25, -0.2) is 26.5 Å². The predicted octanol–water partition coefficient (Wildman–Crippen LogP) is 3.62. The van der Waals surface area contributed by atoms with Crippen LogP contribution >= 0.6 is 11.6 Å². The maximum absolute atomic E-state index is 12.8. The average Bonchev–Trinajstić information content (AvgIpc) is 3.49. The Labute approximate surface area is 186 Å². The van der Waals surface area contributed by atoms with E-state index in [2.05, 4.69) is 20.8 Å². The number of pyridine rings is 1. The Kier molecular flexibility index (Phi) is 5.12. The number of nitrogens with zero attached hydrogens (tertiary/aromatic N) is 1. The van der Waals surface area contributed by atoms with Crippen molar-refractivity contribution in [2.75, 3.05) is 11.5 Å². The van der Waals surface area contributed by atoms with Crippen LogP contribution in [0.3, 0.4) is 0 Å². The number of halogens is 1. The summed E-state index contributed by atoms with van der Waals surface area (Å²) in [4.78, 5) is 7.89. The Morgan fingerprint density at radius 3 is 2.39 bits per heavy atom. The van der Waals surface area contributed by atoms with E-state index in [9.17, 15) is 16.8 Å². The molecular formula is C21H22ClN3O4S2. The first-order chi connectivity index (χ1) is 14.7. The number of aromatic amines is 1. The highest BCUT2D eigenvalue weighted by molar-refractivity contribution is 7.91. The van der Waals surface area contributed by atoms with Gasteiger partial charge in [0.15, 0.2) is 0 Å². The molecule has 1 aliphatic carbocycles. The molecule has 2 aromatic heterocycles. The summed E-state index contributed by atoms with van der Waals surface area (Å²) < 4.78 is 51.3. The normalized spacial score (nSPS) is 19.6. The third kappa shape index (κ3) is 4.24. The first-order valence-electron chi connectivity index (χ1n) is 10.2. The van der Waals surface area contributed by atoms with Crippen LogP contribution in [0.5, 0.6) is 0 Å². The number of sulfone groups is 1. The highest BCUT2D eigenvalue weighted by atomic mass is 35.5. The van der Waals surface area contributed by atoms with Crippen LogP contribution in [0.15, 0.2) is 41.4 Å². The van der Waals surface area contributed by atoms with Gasteiger partial charge in [0.2, 0.25) is 10.0 Å². The van der Waals surface area contributed by atoms with Gasteiger partial charge in [-0.3, -0.25) is 0 Å². The molecule has 1 saturated heterocycles.